The molecule has 3 fully saturated rings. The normalized spacial score (nSPS) is 19.5. The Morgan fingerprint density at radius 3 is 2.42 bits per heavy atom. The summed E-state index contributed by atoms with van der Waals surface area (Å²) in [6.45, 7) is 4.06. The van der Waals surface area contributed by atoms with Crippen molar-refractivity contribution in [3.8, 4) is 11.4 Å². The number of benzene rings is 2. The number of nitrogens with two attached hydrogens (primary N) is 1. The van der Waals surface area contributed by atoms with E-state index in [4.69, 9.17) is 4.74 Å². The summed E-state index contributed by atoms with van der Waals surface area (Å²) < 4.78 is 22.5. The lowest BCUT2D eigenvalue weighted by molar-refractivity contribution is -0.643. The summed E-state index contributed by atoms with van der Waals surface area (Å²) in [7, 11) is 1.93. The standard InChI is InChI=1S/C32H40FN7O3/c1-34-19-26-21-40(37-36-26)27-16-24(15-25(33)18-27)32(42)39-13-11-38(12-14-39)31(41)23-7-8-30(43-28-9-10-35-20-28)29(17-23)22-5-3-2-4-6-22/h7-8,15-18,21-22,28,34-35H,2-6,9-14,19-20H2,1H3/p+1/t28-/m0/s1. The van der Waals surface area contributed by atoms with E-state index in [1.807, 2.05) is 29.4 Å². The summed E-state index contributed by atoms with van der Waals surface area (Å²) in [5.74, 6) is 0.507. The third-order valence-electron chi connectivity index (χ3n) is 8.81. The number of nitrogens with zero attached hydrogens (tertiary/aromatic N) is 5. The minimum atomic E-state index is -0.515. The molecule has 2 aliphatic heterocycles. The molecule has 11 heteroatoms. The van der Waals surface area contributed by atoms with Gasteiger partial charge >= 0.3 is 0 Å². The Bertz CT molecular complexity index is 1440. The zero-order valence-electron chi connectivity index (χ0n) is 24.8. The van der Waals surface area contributed by atoms with Gasteiger partial charge in [0.2, 0.25) is 0 Å². The molecule has 2 amide bonds. The van der Waals surface area contributed by atoms with Crippen molar-refractivity contribution in [3.63, 3.8) is 0 Å². The van der Waals surface area contributed by atoms with E-state index >= 15 is 0 Å². The second-order valence-corrected chi connectivity index (χ2v) is 11.9. The molecule has 10 nitrogen and oxygen atoms in total. The number of carbonyl (C=O) groups excluding carboxylic acids is 2. The summed E-state index contributed by atoms with van der Waals surface area (Å²) in [4.78, 5) is 30.5. The Morgan fingerprint density at radius 1 is 0.977 bits per heavy atom. The van der Waals surface area contributed by atoms with E-state index in [1.165, 1.54) is 36.1 Å². The van der Waals surface area contributed by atoms with Crippen molar-refractivity contribution in [1.29, 1.82) is 0 Å². The largest absolute Gasteiger partial charge is 0.489 e. The summed E-state index contributed by atoms with van der Waals surface area (Å²) in [6.07, 6.45) is 8.79. The Kier molecular flexibility index (Phi) is 8.99. The molecule has 1 saturated carbocycles. The topological polar surface area (TPSA) is 109 Å². The molecule has 0 radical (unpaired) electrons. The molecular weight excluding hydrogens is 549 g/mol. The van der Waals surface area contributed by atoms with E-state index in [9.17, 15) is 14.0 Å². The van der Waals surface area contributed by atoms with Crippen molar-refractivity contribution >= 4 is 11.8 Å². The molecule has 1 aromatic heterocycles. The zero-order chi connectivity index (χ0) is 29.8. The van der Waals surface area contributed by atoms with Crippen molar-refractivity contribution in [2.24, 2.45) is 0 Å². The smallest absolute Gasteiger partial charge is 0.254 e. The van der Waals surface area contributed by atoms with Gasteiger partial charge in [-0.3, -0.25) is 9.59 Å². The van der Waals surface area contributed by atoms with Gasteiger partial charge < -0.3 is 25.2 Å². The number of hydrogen-bond donors (Lipinski definition) is 2. The molecule has 3 N–H and O–H groups in total. The Hall–Kier alpha value is -3.83. The highest BCUT2D eigenvalue weighted by Crippen LogP contribution is 2.39. The van der Waals surface area contributed by atoms with Gasteiger partial charge in [0.1, 0.15) is 29.9 Å². The van der Waals surface area contributed by atoms with E-state index in [2.05, 4.69) is 21.7 Å². The Balaban J connectivity index is 1.12. The summed E-state index contributed by atoms with van der Waals surface area (Å²) in [5, 5.41) is 13.5. The van der Waals surface area contributed by atoms with Crippen LogP contribution in [-0.2, 0) is 6.54 Å². The molecule has 0 spiro atoms. The van der Waals surface area contributed by atoms with Crippen LogP contribution in [0.15, 0.2) is 42.6 Å². The van der Waals surface area contributed by atoms with Gasteiger partial charge in [0.05, 0.1) is 18.9 Å². The molecule has 6 rings (SSSR count). The zero-order valence-corrected chi connectivity index (χ0v) is 24.8. The monoisotopic (exact) mass is 590 g/mol. The first-order chi connectivity index (χ1) is 21.0. The van der Waals surface area contributed by atoms with E-state index in [0.717, 1.165) is 49.4 Å². The molecule has 43 heavy (non-hydrogen) atoms. The van der Waals surface area contributed by atoms with Gasteiger partial charge in [0.15, 0.2) is 0 Å². The molecule has 3 aliphatic rings. The molecule has 2 aromatic carbocycles. The van der Waals surface area contributed by atoms with Gasteiger partial charge in [-0.25, -0.2) is 9.07 Å². The van der Waals surface area contributed by atoms with Crippen LogP contribution in [0.4, 0.5) is 4.39 Å². The Labute approximate surface area is 251 Å². The van der Waals surface area contributed by atoms with Crippen LogP contribution in [0.3, 0.4) is 0 Å². The van der Waals surface area contributed by atoms with Crippen molar-refractivity contribution in [3.05, 3.63) is 70.8 Å². The van der Waals surface area contributed by atoms with Gasteiger partial charge in [-0.15, -0.1) is 5.10 Å². The number of halogens is 1. The number of rotatable bonds is 8. The summed E-state index contributed by atoms with van der Waals surface area (Å²) in [5.41, 5.74) is 3.27. The van der Waals surface area contributed by atoms with Gasteiger partial charge in [-0.05, 0) is 73.7 Å². The number of amides is 2. The molecule has 3 aromatic rings. The van der Waals surface area contributed by atoms with Crippen LogP contribution in [0.1, 0.15) is 76.4 Å². The molecule has 2 saturated heterocycles. The molecule has 1 atom stereocenters. The fourth-order valence-corrected chi connectivity index (χ4v) is 6.46. The SMILES string of the molecule is C[NH2+]Cc1cn(-c2cc(F)cc(C(=O)N3CCN(C(=O)c4ccc(O[C@H]5CCNC5)c(C5CCCCC5)c4)CC3)c2)nn1. The predicted molar refractivity (Wildman–Crippen MR) is 159 cm³/mol. The van der Waals surface area contributed by atoms with Crippen molar-refractivity contribution in [1.82, 2.24) is 30.1 Å². The summed E-state index contributed by atoms with van der Waals surface area (Å²) >= 11 is 0. The van der Waals surface area contributed by atoms with Crippen LogP contribution in [0, 0.1) is 5.82 Å². The average molecular weight is 591 g/mol. The highest BCUT2D eigenvalue weighted by Gasteiger charge is 2.28. The van der Waals surface area contributed by atoms with Gasteiger partial charge in [0, 0.05) is 43.9 Å². The maximum Gasteiger partial charge on any atom is 0.254 e. The minimum Gasteiger partial charge on any atom is -0.489 e. The fourth-order valence-electron chi connectivity index (χ4n) is 6.46. The summed E-state index contributed by atoms with van der Waals surface area (Å²) in [6, 6.07) is 10.1. The van der Waals surface area contributed by atoms with Crippen LogP contribution in [0.5, 0.6) is 5.75 Å². The van der Waals surface area contributed by atoms with E-state index in [0.29, 0.717) is 49.9 Å². The first kappa shape index (κ1) is 29.3. The number of nitrogens with one attached hydrogen (secondary N) is 1. The molecule has 3 heterocycles. The predicted octanol–water partition coefficient (Wildman–Crippen LogP) is 2.49. The second-order valence-electron chi connectivity index (χ2n) is 11.9. The third kappa shape index (κ3) is 6.73. The lowest BCUT2D eigenvalue weighted by Gasteiger charge is -2.35. The van der Waals surface area contributed by atoms with Gasteiger partial charge in [0.25, 0.3) is 11.8 Å². The lowest BCUT2D eigenvalue weighted by atomic mass is 9.83. The number of ether oxygens (including phenoxy) is 1. The number of aromatic nitrogens is 3. The molecule has 228 valence electrons. The highest BCUT2D eigenvalue weighted by molar-refractivity contribution is 5.96. The lowest BCUT2D eigenvalue weighted by Crippen LogP contribution is -2.77. The number of quaternary nitrogens is 1. The van der Waals surface area contributed by atoms with Crippen LogP contribution in [-0.4, -0.2) is 89.0 Å². The molecule has 0 bridgehead atoms. The number of piperazine rings is 1. The van der Waals surface area contributed by atoms with Crippen LogP contribution in [0.25, 0.3) is 5.69 Å². The molecule has 0 unspecified atom stereocenters. The van der Waals surface area contributed by atoms with Crippen LogP contribution in [0.2, 0.25) is 0 Å². The number of hydrogen-bond acceptors (Lipinski definition) is 6. The fraction of sp³-hybridized carbons (Fsp3) is 0.500. The van der Waals surface area contributed by atoms with Crippen molar-refractivity contribution < 1.29 is 24.0 Å². The minimum absolute atomic E-state index is 0.0300. The van der Waals surface area contributed by atoms with Crippen LogP contribution >= 0.6 is 0 Å². The molecule has 1 aliphatic carbocycles. The first-order valence-electron chi connectivity index (χ1n) is 15.6. The highest BCUT2D eigenvalue weighted by atomic mass is 19.1. The van der Waals surface area contributed by atoms with Gasteiger partial charge in [-0.1, -0.05) is 24.5 Å². The van der Waals surface area contributed by atoms with Crippen molar-refractivity contribution in [2.45, 2.75) is 57.1 Å². The van der Waals surface area contributed by atoms with E-state index in [1.54, 1.807) is 17.2 Å². The number of carbonyl (C=O) groups is 2. The second kappa shape index (κ2) is 13.2. The maximum atomic E-state index is 14.6. The van der Waals surface area contributed by atoms with Gasteiger partial charge in [-0.2, -0.15) is 0 Å². The van der Waals surface area contributed by atoms with Crippen LogP contribution < -0.4 is 15.4 Å². The first-order valence-corrected chi connectivity index (χ1v) is 15.6. The molecular formula is C32H41FN7O3+. The van der Waals surface area contributed by atoms with Crippen molar-refractivity contribution in [2.75, 3.05) is 46.3 Å². The average Bonchev–Trinajstić information content (AvgIpc) is 3.74. The quantitative estimate of drug-likeness (QED) is 0.418. The third-order valence-corrected chi connectivity index (χ3v) is 8.81. The Morgan fingerprint density at radius 2 is 1.72 bits per heavy atom. The maximum absolute atomic E-state index is 14.6. The van der Waals surface area contributed by atoms with E-state index in [-0.39, 0.29) is 23.5 Å². The van der Waals surface area contributed by atoms with E-state index < -0.39 is 5.82 Å².